The number of hydrogen-bond acceptors (Lipinski definition) is 5. The molecule has 8 aliphatic carbocycles. The number of Topliss-reactive ketones (excluding diaryl/α,β-unsaturated/α-hetero) is 3. The minimum atomic E-state index is -0.365. The molecule has 5 nitrogen and oxygen atoms in total. The molecule has 0 aliphatic heterocycles. The van der Waals surface area contributed by atoms with E-state index in [4.69, 9.17) is 0 Å². The highest BCUT2D eigenvalue weighted by Crippen LogP contribution is 2.67. The van der Waals surface area contributed by atoms with Crippen molar-refractivity contribution in [3.05, 3.63) is 11.1 Å². The Bertz CT molecular complexity index is 1310. The lowest BCUT2D eigenvalue weighted by Gasteiger charge is -2.59. The molecule has 2 N–H and O–H groups in total. The summed E-state index contributed by atoms with van der Waals surface area (Å²) in [6, 6.07) is 0. The molecule has 8 rings (SSSR count). The van der Waals surface area contributed by atoms with Gasteiger partial charge < -0.3 is 10.2 Å². The first kappa shape index (κ1) is 33.2. The van der Waals surface area contributed by atoms with Gasteiger partial charge in [0.05, 0.1) is 12.2 Å². The number of allylic oxidation sites excluding steroid dienone is 2. The fraction of sp³-hybridized carbons (Fsp3) is 0.878. The lowest BCUT2D eigenvalue weighted by molar-refractivity contribution is -0.162. The first-order chi connectivity index (χ1) is 21.6. The van der Waals surface area contributed by atoms with Crippen molar-refractivity contribution in [3.8, 4) is 0 Å². The Morgan fingerprint density at radius 2 is 1.07 bits per heavy atom. The van der Waals surface area contributed by atoms with Gasteiger partial charge in [-0.15, -0.1) is 0 Å². The second-order valence-electron chi connectivity index (χ2n) is 19.0. The maximum atomic E-state index is 13.4. The van der Waals surface area contributed by atoms with Crippen molar-refractivity contribution in [2.24, 2.45) is 69.0 Å². The summed E-state index contributed by atoms with van der Waals surface area (Å²) in [6.45, 7) is 13.6. The van der Waals surface area contributed by atoms with Crippen molar-refractivity contribution in [2.75, 3.05) is 0 Å². The van der Waals surface area contributed by atoms with E-state index >= 15 is 0 Å². The van der Waals surface area contributed by atoms with Gasteiger partial charge in [-0.25, -0.2) is 0 Å². The quantitative estimate of drug-likeness (QED) is 0.263. The van der Waals surface area contributed by atoms with Crippen LogP contribution in [-0.4, -0.2) is 39.8 Å². The molecular weight excluding hydrogens is 572 g/mol. The van der Waals surface area contributed by atoms with Gasteiger partial charge in [-0.2, -0.15) is 0 Å². The van der Waals surface area contributed by atoms with Gasteiger partial charge in [0.15, 0.2) is 0 Å². The van der Waals surface area contributed by atoms with Crippen molar-refractivity contribution in [1.29, 1.82) is 0 Å². The van der Waals surface area contributed by atoms with Gasteiger partial charge in [-0.3, -0.25) is 14.4 Å². The van der Waals surface area contributed by atoms with Gasteiger partial charge in [0, 0.05) is 36.5 Å². The van der Waals surface area contributed by atoms with Gasteiger partial charge in [-0.1, -0.05) is 38.8 Å². The van der Waals surface area contributed by atoms with E-state index in [-0.39, 0.29) is 45.7 Å². The molecule has 8 fully saturated rings. The highest BCUT2D eigenvalue weighted by atomic mass is 16.3. The molecule has 14 atom stereocenters. The maximum absolute atomic E-state index is 13.4. The lowest BCUT2D eigenvalue weighted by Crippen LogP contribution is -2.57. The Kier molecular flexibility index (Phi) is 8.19. The molecule has 0 amide bonds. The third-order valence-corrected chi connectivity index (χ3v) is 16.7. The van der Waals surface area contributed by atoms with Gasteiger partial charge in [-0.05, 0) is 149 Å². The van der Waals surface area contributed by atoms with Gasteiger partial charge in [0.25, 0.3) is 0 Å². The summed E-state index contributed by atoms with van der Waals surface area (Å²) in [7, 11) is 0. The SMILES string of the molecule is CC(C)=C1CC[C@H]2[C@@H]3CC[C@H]4C[C@H](O)CC[C@]4(C)[C@H]3C(=O)C[C@]12C.C[C@]12CC[C@@H](O)C[C@@H]1CC[C@@H]1[C@@H]2C(=O)C[C@]2(C)C(=O)CC[C@@H]12. The second-order valence-corrected chi connectivity index (χ2v) is 19.0. The summed E-state index contributed by atoms with van der Waals surface area (Å²) >= 11 is 0. The average molecular weight is 635 g/mol. The molecule has 0 unspecified atom stereocenters. The van der Waals surface area contributed by atoms with Crippen LogP contribution in [0.15, 0.2) is 11.1 Å². The van der Waals surface area contributed by atoms with Crippen molar-refractivity contribution in [3.63, 3.8) is 0 Å². The molecule has 0 heterocycles. The fourth-order valence-corrected chi connectivity index (χ4v) is 14.5. The third kappa shape index (κ3) is 4.77. The summed E-state index contributed by atoms with van der Waals surface area (Å²) in [5, 5.41) is 20.1. The molecule has 0 aromatic rings. The van der Waals surface area contributed by atoms with E-state index in [1.165, 1.54) is 31.3 Å². The number of hydrogen-bond donors (Lipinski definition) is 2. The summed E-state index contributed by atoms with van der Waals surface area (Å²) in [5.74, 6) is 4.80. The topological polar surface area (TPSA) is 91.7 Å². The van der Waals surface area contributed by atoms with Crippen LogP contribution < -0.4 is 0 Å². The average Bonchev–Trinajstić information content (AvgIpc) is 3.48. The van der Waals surface area contributed by atoms with Crippen LogP contribution in [0.5, 0.6) is 0 Å². The number of fused-ring (bicyclic) bond motifs is 10. The normalized spacial score (nSPS) is 52.7. The van der Waals surface area contributed by atoms with Crippen molar-refractivity contribution >= 4 is 17.3 Å². The molecule has 5 heteroatoms. The van der Waals surface area contributed by atoms with Crippen LogP contribution in [0.25, 0.3) is 0 Å². The number of ketones is 3. The molecule has 0 aromatic carbocycles. The Balaban J connectivity index is 0.000000147. The number of carbonyl (C=O) groups is 3. The number of aliphatic hydroxyl groups is 2. The molecule has 0 saturated heterocycles. The summed E-state index contributed by atoms with van der Waals surface area (Å²) in [4.78, 5) is 38.8. The third-order valence-electron chi connectivity index (χ3n) is 16.7. The molecule has 256 valence electrons. The lowest BCUT2D eigenvalue weighted by atomic mass is 9.44. The van der Waals surface area contributed by atoms with Crippen LogP contribution >= 0.6 is 0 Å². The number of aliphatic hydroxyl groups excluding tert-OH is 2. The van der Waals surface area contributed by atoms with Crippen LogP contribution in [0.2, 0.25) is 0 Å². The van der Waals surface area contributed by atoms with Crippen molar-refractivity contribution in [1.82, 2.24) is 0 Å². The molecule has 0 radical (unpaired) electrons. The van der Waals surface area contributed by atoms with Crippen molar-refractivity contribution in [2.45, 2.75) is 156 Å². The standard InChI is InChI=1S/C22H34O2.C19H28O3/c1-13(2)17-7-8-18-16-6-5-14-11-15(23)9-10-21(14,3)20(16)19(24)12-22(17,18)4;1-18-8-7-12(20)9-11(18)3-4-13-14-5-6-16(22)19(14,2)10-15(21)17(13)18/h14-16,18,20,23H,5-12H2,1-4H3;11-14,17,20H,3-10H2,1-2H3/t14-,15+,16-,18-,20+,21-,22+;11-,12+,13-,14-,17+,18-,19-/m00/s1. The van der Waals surface area contributed by atoms with Crippen molar-refractivity contribution < 1.29 is 24.6 Å². The van der Waals surface area contributed by atoms with E-state index < -0.39 is 0 Å². The van der Waals surface area contributed by atoms with E-state index in [0.29, 0.717) is 65.7 Å². The number of carbonyl (C=O) groups excluding carboxylic acids is 3. The predicted molar refractivity (Wildman–Crippen MR) is 180 cm³/mol. The van der Waals surface area contributed by atoms with E-state index in [2.05, 4.69) is 41.5 Å². The van der Waals surface area contributed by atoms with Crippen LogP contribution in [0, 0.1) is 69.0 Å². The zero-order valence-corrected chi connectivity index (χ0v) is 29.7. The minimum Gasteiger partial charge on any atom is -0.393 e. The first-order valence-electron chi connectivity index (χ1n) is 19.2. The Hall–Kier alpha value is -1.33. The Morgan fingerprint density at radius 3 is 1.57 bits per heavy atom. The zero-order chi connectivity index (χ0) is 33.0. The zero-order valence-electron chi connectivity index (χ0n) is 29.7. The van der Waals surface area contributed by atoms with Gasteiger partial charge in [0.1, 0.15) is 17.3 Å². The van der Waals surface area contributed by atoms with Gasteiger partial charge >= 0.3 is 0 Å². The van der Waals surface area contributed by atoms with Crippen LogP contribution in [-0.2, 0) is 14.4 Å². The Labute approximate surface area is 278 Å². The van der Waals surface area contributed by atoms with Crippen LogP contribution in [0.4, 0.5) is 0 Å². The summed E-state index contributed by atoms with van der Waals surface area (Å²) in [5.41, 5.74) is 3.02. The first-order valence-corrected chi connectivity index (χ1v) is 19.2. The molecule has 8 aliphatic rings. The number of rotatable bonds is 0. The smallest absolute Gasteiger partial charge is 0.139 e. The van der Waals surface area contributed by atoms with E-state index in [0.717, 1.165) is 64.2 Å². The van der Waals surface area contributed by atoms with E-state index in [9.17, 15) is 24.6 Å². The predicted octanol–water partition coefficient (Wildman–Crippen LogP) is 8.04. The summed E-state index contributed by atoms with van der Waals surface area (Å²) < 4.78 is 0. The van der Waals surface area contributed by atoms with E-state index in [1.807, 2.05) is 0 Å². The monoisotopic (exact) mass is 634 g/mol. The van der Waals surface area contributed by atoms with Crippen LogP contribution in [0.3, 0.4) is 0 Å². The Morgan fingerprint density at radius 1 is 0.609 bits per heavy atom. The molecule has 46 heavy (non-hydrogen) atoms. The maximum Gasteiger partial charge on any atom is 0.139 e. The second kappa shape index (κ2) is 11.4. The molecule has 0 spiro atoms. The van der Waals surface area contributed by atoms with Gasteiger partial charge in [0.2, 0.25) is 0 Å². The summed E-state index contributed by atoms with van der Waals surface area (Å²) in [6.07, 6.45) is 15.3. The highest BCUT2D eigenvalue weighted by Gasteiger charge is 2.64. The molecular formula is C41H62O5. The highest BCUT2D eigenvalue weighted by molar-refractivity contribution is 5.95. The minimum absolute atomic E-state index is 0.0617. The van der Waals surface area contributed by atoms with Crippen LogP contribution in [0.1, 0.15) is 144 Å². The molecule has 0 bridgehead atoms. The fourth-order valence-electron chi connectivity index (χ4n) is 14.5. The molecule has 8 saturated carbocycles. The molecule has 0 aromatic heterocycles. The largest absolute Gasteiger partial charge is 0.393 e. The van der Waals surface area contributed by atoms with E-state index in [1.54, 1.807) is 5.57 Å².